The molecule has 0 radical (unpaired) electrons. The summed E-state index contributed by atoms with van der Waals surface area (Å²) < 4.78 is 5.79. The van der Waals surface area contributed by atoms with Crippen LogP contribution in [0.1, 0.15) is 18.1 Å². The van der Waals surface area contributed by atoms with Crippen molar-refractivity contribution in [3.05, 3.63) is 60.2 Å². The molecular formula is C15H14O. The fraction of sp³-hybridized carbons (Fsp3) is 0.200. The van der Waals surface area contributed by atoms with E-state index in [0.29, 0.717) is 0 Å². The lowest BCUT2D eigenvalue weighted by atomic mass is 9.98. The summed E-state index contributed by atoms with van der Waals surface area (Å²) in [4.78, 5) is 0. The zero-order chi connectivity index (χ0) is 10.8. The maximum atomic E-state index is 5.79. The second kappa shape index (κ2) is 4.11. The SMILES string of the molecule is C1=CCC(c2cccc3ccccc23)OC1. The standard InChI is InChI=1S/C15H14O/c1-2-8-13-12(6-1)7-5-9-14(13)15-10-3-4-11-16-15/h1-9,15H,10-11H2. The maximum Gasteiger partial charge on any atom is 0.0869 e. The van der Waals surface area contributed by atoms with Crippen molar-refractivity contribution in [2.75, 3.05) is 6.61 Å². The summed E-state index contributed by atoms with van der Waals surface area (Å²) in [5.41, 5.74) is 1.31. The first-order valence-corrected chi connectivity index (χ1v) is 5.69. The summed E-state index contributed by atoms with van der Waals surface area (Å²) in [6, 6.07) is 14.9. The maximum absolute atomic E-state index is 5.79. The van der Waals surface area contributed by atoms with Crippen LogP contribution in [-0.2, 0) is 4.74 Å². The van der Waals surface area contributed by atoms with Crippen molar-refractivity contribution in [3.8, 4) is 0 Å². The van der Waals surface area contributed by atoms with Gasteiger partial charge in [-0.15, -0.1) is 0 Å². The smallest absolute Gasteiger partial charge is 0.0869 e. The molecule has 0 amide bonds. The summed E-state index contributed by atoms with van der Waals surface area (Å²) in [6.45, 7) is 0.730. The predicted octanol–water partition coefficient (Wildman–Crippen LogP) is 3.86. The fourth-order valence-electron chi connectivity index (χ4n) is 2.28. The number of ether oxygens (including phenoxy) is 1. The third-order valence-electron chi connectivity index (χ3n) is 3.08. The molecule has 0 spiro atoms. The molecule has 1 nitrogen and oxygen atoms in total. The van der Waals surface area contributed by atoms with E-state index in [0.717, 1.165) is 13.0 Å². The van der Waals surface area contributed by atoms with Crippen molar-refractivity contribution < 1.29 is 4.74 Å². The van der Waals surface area contributed by atoms with Gasteiger partial charge >= 0.3 is 0 Å². The van der Waals surface area contributed by atoms with E-state index in [1.165, 1.54) is 16.3 Å². The predicted molar refractivity (Wildman–Crippen MR) is 66.4 cm³/mol. The van der Waals surface area contributed by atoms with Crippen LogP contribution in [0.2, 0.25) is 0 Å². The van der Waals surface area contributed by atoms with Crippen LogP contribution >= 0.6 is 0 Å². The third-order valence-corrected chi connectivity index (χ3v) is 3.08. The van der Waals surface area contributed by atoms with E-state index in [9.17, 15) is 0 Å². The summed E-state index contributed by atoms with van der Waals surface area (Å²) in [5, 5.41) is 2.60. The fourth-order valence-corrected chi connectivity index (χ4v) is 2.28. The molecule has 0 aromatic heterocycles. The molecule has 0 bridgehead atoms. The number of hydrogen-bond donors (Lipinski definition) is 0. The van der Waals surface area contributed by atoms with E-state index in [1.54, 1.807) is 0 Å². The Kier molecular flexibility index (Phi) is 2.47. The molecule has 1 atom stereocenters. The zero-order valence-electron chi connectivity index (χ0n) is 9.10. The normalized spacial score (nSPS) is 20.1. The Morgan fingerprint density at radius 1 is 0.938 bits per heavy atom. The average Bonchev–Trinajstić information content (AvgIpc) is 2.39. The van der Waals surface area contributed by atoms with Crippen LogP contribution in [0.5, 0.6) is 0 Å². The first-order chi connectivity index (χ1) is 7.95. The van der Waals surface area contributed by atoms with Gasteiger partial charge in [0, 0.05) is 0 Å². The van der Waals surface area contributed by atoms with Gasteiger partial charge in [-0.3, -0.25) is 0 Å². The molecule has 80 valence electrons. The van der Waals surface area contributed by atoms with E-state index in [2.05, 4.69) is 54.6 Å². The van der Waals surface area contributed by atoms with Crippen LogP contribution in [0.4, 0.5) is 0 Å². The largest absolute Gasteiger partial charge is 0.369 e. The van der Waals surface area contributed by atoms with Crippen LogP contribution < -0.4 is 0 Å². The molecule has 16 heavy (non-hydrogen) atoms. The van der Waals surface area contributed by atoms with Crippen LogP contribution in [0, 0.1) is 0 Å². The molecule has 0 fully saturated rings. The lowest BCUT2D eigenvalue weighted by Gasteiger charge is -2.20. The van der Waals surface area contributed by atoms with Gasteiger partial charge in [0.2, 0.25) is 0 Å². The molecule has 2 aromatic carbocycles. The van der Waals surface area contributed by atoms with Gasteiger partial charge in [-0.2, -0.15) is 0 Å². The molecule has 1 aliphatic rings. The minimum atomic E-state index is 0.219. The highest BCUT2D eigenvalue weighted by molar-refractivity contribution is 5.86. The molecule has 0 saturated carbocycles. The number of fused-ring (bicyclic) bond motifs is 1. The van der Waals surface area contributed by atoms with Gasteiger partial charge in [-0.25, -0.2) is 0 Å². The average molecular weight is 210 g/mol. The highest BCUT2D eigenvalue weighted by Gasteiger charge is 2.14. The molecule has 1 heterocycles. The Labute approximate surface area is 95.4 Å². The van der Waals surface area contributed by atoms with E-state index in [-0.39, 0.29) is 6.10 Å². The van der Waals surface area contributed by atoms with Crippen LogP contribution in [-0.4, -0.2) is 6.61 Å². The minimum absolute atomic E-state index is 0.219. The second-order valence-electron chi connectivity index (χ2n) is 4.10. The molecule has 2 aromatic rings. The minimum Gasteiger partial charge on any atom is -0.369 e. The molecule has 0 aliphatic carbocycles. The molecule has 1 unspecified atom stereocenters. The Bertz CT molecular complexity index is 522. The molecule has 1 aliphatic heterocycles. The van der Waals surface area contributed by atoms with Crippen molar-refractivity contribution in [3.63, 3.8) is 0 Å². The summed E-state index contributed by atoms with van der Waals surface area (Å²) in [6.07, 6.45) is 5.49. The highest BCUT2D eigenvalue weighted by Crippen LogP contribution is 2.30. The number of rotatable bonds is 1. The van der Waals surface area contributed by atoms with Gasteiger partial charge in [0.15, 0.2) is 0 Å². The van der Waals surface area contributed by atoms with Gasteiger partial charge < -0.3 is 4.74 Å². The Morgan fingerprint density at radius 2 is 1.81 bits per heavy atom. The monoisotopic (exact) mass is 210 g/mol. The van der Waals surface area contributed by atoms with Crippen molar-refractivity contribution in [2.45, 2.75) is 12.5 Å². The molecule has 3 rings (SSSR count). The first-order valence-electron chi connectivity index (χ1n) is 5.69. The lowest BCUT2D eigenvalue weighted by Crippen LogP contribution is -2.07. The Morgan fingerprint density at radius 3 is 2.69 bits per heavy atom. The summed E-state index contributed by atoms with van der Waals surface area (Å²) in [7, 11) is 0. The quantitative estimate of drug-likeness (QED) is 0.649. The Balaban J connectivity index is 2.12. The van der Waals surface area contributed by atoms with E-state index >= 15 is 0 Å². The number of benzene rings is 2. The van der Waals surface area contributed by atoms with E-state index in [4.69, 9.17) is 4.74 Å². The number of hydrogen-bond acceptors (Lipinski definition) is 1. The van der Waals surface area contributed by atoms with Crippen molar-refractivity contribution in [2.24, 2.45) is 0 Å². The summed E-state index contributed by atoms with van der Waals surface area (Å²) in [5.74, 6) is 0. The van der Waals surface area contributed by atoms with Crippen LogP contribution in [0.15, 0.2) is 54.6 Å². The van der Waals surface area contributed by atoms with Gasteiger partial charge in [0.1, 0.15) is 0 Å². The van der Waals surface area contributed by atoms with E-state index < -0.39 is 0 Å². The molecular weight excluding hydrogens is 196 g/mol. The molecule has 1 heteroatoms. The van der Waals surface area contributed by atoms with Crippen molar-refractivity contribution >= 4 is 10.8 Å². The molecule has 0 N–H and O–H groups in total. The van der Waals surface area contributed by atoms with Crippen LogP contribution in [0.25, 0.3) is 10.8 Å². The van der Waals surface area contributed by atoms with E-state index in [1.807, 2.05) is 0 Å². The first kappa shape index (κ1) is 9.61. The lowest BCUT2D eigenvalue weighted by molar-refractivity contribution is 0.0688. The zero-order valence-corrected chi connectivity index (χ0v) is 9.10. The highest BCUT2D eigenvalue weighted by atomic mass is 16.5. The molecule has 0 saturated heterocycles. The summed E-state index contributed by atoms with van der Waals surface area (Å²) >= 11 is 0. The second-order valence-corrected chi connectivity index (χ2v) is 4.10. The third kappa shape index (κ3) is 1.63. The topological polar surface area (TPSA) is 9.23 Å². The van der Waals surface area contributed by atoms with Gasteiger partial charge in [0.05, 0.1) is 12.7 Å². The van der Waals surface area contributed by atoms with Crippen molar-refractivity contribution in [1.82, 2.24) is 0 Å². The van der Waals surface area contributed by atoms with Gasteiger partial charge in [-0.05, 0) is 22.8 Å². The van der Waals surface area contributed by atoms with Crippen LogP contribution in [0.3, 0.4) is 0 Å². The van der Waals surface area contributed by atoms with Gasteiger partial charge in [-0.1, -0.05) is 54.6 Å². The van der Waals surface area contributed by atoms with Crippen molar-refractivity contribution in [1.29, 1.82) is 0 Å². The van der Waals surface area contributed by atoms with Gasteiger partial charge in [0.25, 0.3) is 0 Å². The Hall–Kier alpha value is -1.60.